The van der Waals surface area contributed by atoms with Gasteiger partial charge in [-0.1, -0.05) is 32.0 Å². The summed E-state index contributed by atoms with van der Waals surface area (Å²) >= 11 is 0. The molecule has 2 aliphatic rings. The summed E-state index contributed by atoms with van der Waals surface area (Å²) < 4.78 is 5.93. The van der Waals surface area contributed by atoms with E-state index in [2.05, 4.69) is 32.0 Å². The molecule has 0 amide bonds. The highest BCUT2D eigenvalue weighted by Crippen LogP contribution is 2.46. The zero-order valence-electron chi connectivity index (χ0n) is 12.8. The summed E-state index contributed by atoms with van der Waals surface area (Å²) in [6.45, 7) is 6.37. The van der Waals surface area contributed by atoms with Gasteiger partial charge in [0, 0.05) is 6.42 Å². The SMILES string of the molecule is CC(C)C1CCC(CN)C(c2cccc3c2OCC3)C1. The first-order chi connectivity index (χ1) is 9.70. The van der Waals surface area contributed by atoms with E-state index in [4.69, 9.17) is 10.5 Å². The molecular weight excluding hydrogens is 246 g/mol. The normalized spacial score (nSPS) is 29.3. The highest BCUT2D eigenvalue weighted by Gasteiger charge is 2.34. The van der Waals surface area contributed by atoms with Crippen LogP contribution in [-0.4, -0.2) is 13.2 Å². The summed E-state index contributed by atoms with van der Waals surface area (Å²) in [6, 6.07) is 6.70. The maximum atomic E-state index is 6.06. The largest absolute Gasteiger partial charge is 0.493 e. The molecule has 1 aromatic carbocycles. The summed E-state index contributed by atoms with van der Waals surface area (Å²) in [6.07, 6.45) is 4.95. The lowest BCUT2D eigenvalue weighted by Crippen LogP contribution is -2.31. The average molecular weight is 273 g/mol. The number of rotatable bonds is 3. The average Bonchev–Trinajstić information content (AvgIpc) is 2.94. The van der Waals surface area contributed by atoms with Gasteiger partial charge in [-0.2, -0.15) is 0 Å². The molecule has 1 saturated carbocycles. The number of nitrogens with two attached hydrogens (primary N) is 1. The molecule has 110 valence electrons. The zero-order chi connectivity index (χ0) is 14.1. The molecule has 2 N–H and O–H groups in total. The van der Waals surface area contributed by atoms with Crippen LogP contribution in [-0.2, 0) is 6.42 Å². The van der Waals surface area contributed by atoms with Crippen LogP contribution in [0.1, 0.15) is 50.2 Å². The van der Waals surface area contributed by atoms with Crippen molar-refractivity contribution < 1.29 is 4.74 Å². The Labute approximate surface area is 122 Å². The predicted octanol–water partition coefficient (Wildman–Crippen LogP) is 3.74. The molecule has 3 rings (SSSR count). The van der Waals surface area contributed by atoms with Gasteiger partial charge in [-0.05, 0) is 60.6 Å². The molecule has 0 bridgehead atoms. The molecule has 2 nitrogen and oxygen atoms in total. The summed E-state index contributed by atoms with van der Waals surface area (Å²) in [5.74, 6) is 4.00. The second kappa shape index (κ2) is 5.77. The number of para-hydroxylation sites is 1. The van der Waals surface area contributed by atoms with Gasteiger partial charge in [-0.3, -0.25) is 0 Å². The van der Waals surface area contributed by atoms with Gasteiger partial charge < -0.3 is 10.5 Å². The van der Waals surface area contributed by atoms with Crippen molar-refractivity contribution >= 4 is 0 Å². The summed E-state index contributed by atoms with van der Waals surface area (Å²) in [7, 11) is 0. The van der Waals surface area contributed by atoms with E-state index in [0.717, 1.165) is 31.4 Å². The summed E-state index contributed by atoms with van der Waals surface area (Å²) in [4.78, 5) is 0. The second-order valence-electron chi connectivity index (χ2n) is 6.85. The maximum Gasteiger partial charge on any atom is 0.126 e. The quantitative estimate of drug-likeness (QED) is 0.910. The zero-order valence-corrected chi connectivity index (χ0v) is 12.8. The molecular formula is C18H27NO. The van der Waals surface area contributed by atoms with E-state index in [0.29, 0.717) is 11.8 Å². The van der Waals surface area contributed by atoms with Crippen molar-refractivity contribution in [1.29, 1.82) is 0 Å². The number of ether oxygens (including phenoxy) is 1. The van der Waals surface area contributed by atoms with Crippen LogP contribution in [0.25, 0.3) is 0 Å². The number of hydrogen-bond acceptors (Lipinski definition) is 2. The van der Waals surface area contributed by atoms with Crippen LogP contribution in [0.3, 0.4) is 0 Å². The third-order valence-corrected chi connectivity index (χ3v) is 5.42. The number of fused-ring (bicyclic) bond motifs is 1. The first-order valence-electron chi connectivity index (χ1n) is 8.15. The van der Waals surface area contributed by atoms with Crippen molar-refractivity contribution in [2.45, 2.75) is 45.4 Å². The predicted molar refractivity (Wildman–Crippen MR) is 83.1 cm³/mol. The fourth-order valence-electron chi connectivity index (χ4n) is 4.07. The van der Waals surface area contributed by atoms with Gasteiger partial charge in [-0.15, -0.1) is 0 Å². The molecule has 1 aromatic rings. The lowest BCUT2D eigenvalue weighted by Gasteiger charge is -2.38. The number of benzene rings is 1. The molecule has 3 atom stereocenters. The van der Waals surface area contributed by atoms with Crippen LogP contribution in [0.5, 0.6) is 5.75 Å². The molecule has 2 heteroatoms. The minimum atomic E-state index is 0.592. The van der Waals surface area contributed by atoms with Crippen molar-refractivity contribution in [3.05, 3.63) is 29.3 Å². The Balaban J connectivity index is 1.91. The first-order valence-corrected chi connectivity index (χ1v) is 8.15. The van der Waals surface area contributed by atoms with Gasteiger partial charge in [0.1, 0.15) is 5.75 Å². The Bertz CT molecular complexity index is 468. The standard InChI is InChI=1S/C18H27NO/c1-12(2)14-6-7-15(11-19)17(10-14)16-5-3-4-13-8-9-20-18(13)16/h3-5,12,14-15,17H,6-11,19H2,1-2H3. The van der Waals surface area contributed by atoms with E-state index in [1.54, 1.807) is 0 Å². The van der Waals surface area contributed by atoms with E-state index in [9.17, 15) is 0 Å². The van der Waals surface area contributed by atoms with Crippen LogP contribution in [0.4, 0.5) is 0 Å². The third-order valence-electron chi connectivity index (χ3n) is 5.42. The third kappa shape index (κ3) is 2.46. The monoisotopic (exact) mass is 273 g/mol. The maximum absolute atomic E-state index is 6.06. The Hall–Kier alpha value is -1.02. The van der Waals surface area contributed by atoms with E-state index < -0.39 is 0 Å². The minimum Gasteiger partial charge on any atom is -0.493 e. The van der Waals surface area contributed by atoms with Crippen LogP contribution in [0.2, 0.25) is 0 Å². The highest BCUT2D eigenvalue weighted by atomic mass is 16.5. The van der Waals surface area contributed by atoms with Crippen molar-refractivity contribution in [3.63, 3.8) is 0 Å². The van der Waals surface area contributed by atoms with E-state index >= 15 is 0 Å². The first kappa shape index (κ1) is 13.9. The fourth-order valence-corrected chi connectivity index (χ4v) is 4.07. The van der Waals surface area contributed by atoms with Gasteiger partial charge in [0.25, 0.3) is 0 Å². The van der Waals surface area contributed by atoms with Gasteiger partial charge in [0.15, 0.2) is 0 Å². The molecule has 1 aliphatic carbocycles. The molecule has 1 aliphatic heterocycles. The van der Waals surface area contributed by atoms with E-state index in [-0.39, 0.29) is 0 Å². The summed E-state index contributed by atoms with van der Waals surface area (Å²) in [5, 5.41) is 0. The van der Waals surface area contributed by atoms with Gasteiger partial charge in [-0.25, -0.2) is 0 Å². The van der Waals surface area contributed by atoms with Crippen molar-refractivity contribution in [3.8, 4) is 5.75 Å². The molecule has 0 radical (unpaired) electrons. The topological polar surface area (TPSA) is 35.2 Å². The number of hydrogen-bond donors (Lipinski definition) is 1. The molecule has 1 heterocycles. The molecule has 20 heavy (non-hydrogen) atoms. The molecule has 0 saturated heterocycles. The van der Waals surface area contributed by atoms with E-state index in [1.165, 1.54) is 36.1 Å². The van der Waals surface area contributed by atoms with Gasteiger partial charge in [0.05, 0.1) is 6.61 Å². The lowest BCUT2D eigenvalue weighted by atomic mass is 9.68. The van der Waals surface area contributed by atoms with Gasteiger partial charge in [0.2, 0.25) is 0 Å². The van der Waals surface area contributed by atoms with Crippen molar-refractivity contribution in [2.75, 3.05) is 13.2 Å². The van der Waals surface area contributed by atoms with Crippen molar-refractivity contribution in [1.82, 2.24) is 0 Å². The van der Waals surface area contributed by atoms with Crippen LogP contribution in [0.15, 0.2) is 18.2 Å². The Kier molecular flexibility index (Phi) is 4.02. The minimum absolute atomic E-state index is 0.592. The Morgan fingerprint density at radius 1 is 1.30 bits per heavy atom. The van der Waals surface area contributed by atoms with Crippen molar-refractivity contribution in [2.24, 2.45) is 23.5 Å². The molecule has 0 aromatic heterocycles. The Morgan fingerprint density at radius 2 is 2.15 bits per heavy atom. The molecule has 1 fully saturated rings. The van der Waals surface area contributed by atoms with Crippen LogP contribution >= 0.6 is 0 Å². The lowest BCUT2D eigenvalue weighted by molar-refractivity contribution is 0.194. The molecule has 3 unspecified atom stereocenters. The van der Waals surface area contributed by atoms with Crippen LogP contribution < -0.4 is 10.5 Å². The van der Waals surface area contributed by atoms with Crippen LogP contribution in [0, 0.1) is 17.8 Å². The van der Waals surface area contributed by atoms with E-state index in [1.807, 2.05) is 0 Å². The summed E-state index contributed by atoms with van der Waals surface area (Å²) in [5.41, 5.74) is 8.88. The molecule has 0 spiro atoms. The van der Waals surface area contributed by atoms with Gasteiger partial charge >= 0.3 is 0 Å². The second-order valence-corrected chi connectivity index (χ2v) is 6.85. The highest BCUT2D eigenvalue weighted by molar-refractivity contribution is 5.46. The Morgan fingerprint density at radius 3 is 2.90 bits per heavy atom. The fraction of sp³-hybridized carbons (Fsp3) is 0.667. The smallest absolute Gasteiger partial charge is 0.126 e.